The molecule has 0 radical (unpaired) electrons. The van der Waals surface area contributed by atoms with Gasteiger partial charge in [0.1, 0.15) is 39.3 Å². The Bertz CT molecular complexity index is 4610. The SMILES string of the molecule is CC.c1ccc(-c2nc(-c3ccc4c(c3)oc3ccccc34)cc(-n3c4ccc(-c5cccc6c5oc5ccccc56)cc4c4cccc(-c5cccc(-c6cccc7c6oc6ccccc67)c5)c43)n2)cc1. The van der Waals surface area contributed by atoms with Crippen molar-refractivity contribution in [3.05, 3.63) is 224 Å². The van der Waals surface area contributed by atoms with Crippen LogP contribution < -0.4 is 0 Å². The Morgan fingerprint density at radius 2 is 0.819 bits per heavy atom. The van der Waals surface area contributed by atoms with Gasteiger partial charge in [-0.2, -0.15) is 0 Å². The van der Waals surface area contributed by atoms with Gasteiger partial charge in [0, 0.05) is 77.0 Å². The summed E-state index contributed by atoms with van der Waals surface area (Å²) in [5, 5.41) is 8.76. The predicted octanol–water partition coefficient (Wildman–Crippen LogP) is 18.6. The molecule has 0 fully saturated rings. The molecule has 0 saturated carbocycles. The van der Waals surface area contributed by atoms with Crippen molar-refractivity contribution in [2.24, 2.45) is 0 Å². The first-order chi connectivity index (χ1) is 35.7. The predicted molar refractivity (Wildman–Crippen MR) is 297 cm³/mol. The smallest absolute Gasteiger partial charge is 0.162 e. The number of fused-ring (bicyclic) bond motifs is 12. The Balaban J connectivity index is 0.00000238. The van der Waals surface area contributed by atoms with E-state index in [4.69, 9.17) is 23.2 Å². The maximum Gasteiger partial charge on any atom is 0.162 e. The van der Waals surface area contributed by atoms with Gasteiger partial charge in [0.05, 0.1) is 16.7 Å². The quantitative estimate of drug-likeness (QED) is 0.166. The number of furan rings is 3. The van der Waals surface area contributed by atoms with Gasteiger partial charge in [0.25, 0.3) is 0 Å². The van der Waals surface area contributed by atoms with E-state index >= 15 is 0 Å². The zero-order chi connectivity index (χ0) is 47.9. The number of para-hydroxylation sites is 6. The Labute approximate surface area is 413 Å². The first-order valence-corrected chi connectivity index (χ1v) is 24.5. The second-order valence-corrected chi connectivity index (χ2v) is 18.0. The summed E-state index contributed by atoms with van der Waals surface area (Å²) in [5.74, 6) is 1.37. The van der Waals surface area contributed by atoms with Crippen LogP contribution in [0.4, 0.5) is 0 Å². The van der Waals surface area contributed by atoms with Crippen molar-refractivity contribution in [3.8, 4) is 61.8 Å². The summed E-state index contributed by atoms with van der Waals surface area (Å²) in [4.78, 5) is 10.8. The van der Waals surface area contributed by atoms with Crippen molar-refractivity contribution in [1.29, 1.82) is 0 Å². The minimum Gasteiger partial charge on any atom is -0.456 e. The molecule has 0 aliphatic rings. The summed E-state index contributed by atoms with van der Waals surface area (Å²) < 4.78 is 21.9. The molecule has 340 valence electrons. The number of nitrogens with zero attached hydrogens (tertiary/aromatic N) is 3. The summed E-state index contributed by atoms with van der Waals surface area (Å²) in [6, 6.07) is 78.5. The minimum absolute atomic E-state index is 0.624. The van der Waals surface area contributed by atoms with Gasteiger partial charge in [0.2, 0.25) is 0 Å². The molecule has 0 unspecified atom stereocenters. The molecule has 0 spiro atoms. The minimum atomic E-state index is 0.624. The molecule has 0 N–H and O–H groups in total. The van der Waals surface area contributed by atoms with Crippen LogP contribution in [0.1, 0.15) is 13.8 Å². The fourth-order valence-electron chi connectivity index (χ4n) is 10.8. The summed E-state index contributed by atoms with van der Waals surface area (Å²) >= 11 is 0. The van der Waals surface area contributed by atoms with E-state index < -0.39 is 0 Å². The standard InChI is InChI=1S/C64H37N3O3.C2H6/c1-2-14-38(15-3-1)64-65-54(42-30-32-49-46-18-4-7-27-56(46)68-59(49)36-42)37-60(66-64)67-55-33-31-41(45-23-13-26-52-48-20-6-9-29-58(48)70-63(45)52)35-53(55)50-24-11-21-43(61(50)67)39-16-10-17-40(34-39)44-22-12-25-51-47-19-5-8-28-57(47)69-62(44)51;1-2/h1-37H;1-2H3. The van der Waals surface area contributed by atoms with Crippen molar-refractivity contribution in [2.75, 3.05) is 0 Å². The second-order valence-electron chi connectivity index (χ2n) is 18.0. The van der Waals surface area contributed by atoms with Crippen LogP contribution in [0, 0.1) is 0 Å². The lowest BCUT2D eigenvalue weighted by Gasteiger charge is -2.14. The van der Waals surface area contributed by atoms with Crippen molar-refractivity contribution in [2.45, 2.75) is 13.8 Å². The van der Waals surface area contributed by atoms with Crippen LogP contribution in [0.15, 0.2) is 238 Å². The van der Waals surface area contributed by atoms with E-state index in [-0.39, 0.29) is 0 Å². The van der Waals surface area contributed by atoms with Gasteiger partial charge in [-0.05, 0) is 65.2 Å². The van der Waals surface area contributed by atoms with Crippen LogP contribution in [0.2, 0.25) is 0 Å². The molecule has 0 saturated heterocycles. The summed E-state index contributed by atoms with van der Waals surface area (Å²) in [6.45, 7) is 4.00. The van der Waals surface area contributed by atoms with E-state index in [0.29, 0.717) is 5.82 Å². The second kappa shape index (κ2) is 16.6. The molecule has 0 aliphatic heterocycles. The molecule has 10 aromatic carbocycles. The average Bonchev–Trinajstić information content (AvgIpc) is 4.22. The number of hydrogen-bond donors (Lipinski definition) is 0. The molecule has 5 heterocycles. The normalized spacial score (nSPS) is 11.8. The van der Waals surface area contributed by atoms with Gasteiger partial charge in [-0.15, -0.1) is 0 Å². The van der Waals surface area contributed by atoms with Gasteiger partial charge < -0.3 is 13.3 Å². The van der Waals surface area contributed by atoms with Gasteiger partial charge >= 0.3 is 0 Å². The molecule has 0 bridgehead atoms. The highest BCUT2D eigenvalue weighted by Gasteiger charge is 2.22. The van der Waals surface area contributed by atoms with E-state index in [1.807, 2.05) is 74.5 Å². The largest absolute Gasteiger partial charge is 0.456 e. The van der Waals surface area contributed by atoms with Crippen LogP contribution in [0.25, 0.3) is 149 Å². The fraction of sp³-hybridized carbons (Fsp3) is 0.0303. The Kier molecular flexibility index (Phi) is 9.54. The average molecular weight is 926 g/mol. The van der Waals surface area contributed by atoms with Gasteiger partial charge in [-0.1, -0.05) is 184 Å². The highest BCUT2D eigenvalue weighted by molar-refractivity contribution is 6.17. The topological polar surface area (TPSA) is 70.1 Å². The highest BCUT2D eigenvalue weighted by atomic mass is 16.3. The van der Waals surface area contributed by atoms with Crippen LogP contribution >= 0.6 is 0 Å². The molecule has 0 atom stereocenters. The zero-order valence-corrected chi connectivity index (χ0v) is 39.4. The first kappa shape index (κ1) is 41.5. The van der Waals surface area contributed by atoms with Crippen molar-refractivity contribution >= 4 is 87.6 Å². The monoisotopic (exact) mass is 925 g/mol. The molecule has 15 rings (SSSR count). The van der Waals surface area contributed by atoms with Crippen LogP contribution in [-0.2, 0) is 0 Å². The zero-order valence-electron chi connectivity index (χ0n) is 39.4. The van der Waals surface area contributed by atoms with E-state index in [2.05, 4.69) is 168 Å². The van der Waals surface area contributed by atoms with Crippen LogP contribution in [-0.4, -0.2) is 14.5 Å². The van der Waals surface area contributed by atoms with Gasteiger partial charge in [0.15, 0.2) is 5.82 Å². The molecule has 6 heteroatoms. The molecule has 72 heavy (non-hydrogen) atoms. The number of aromatic nitrogens is 3. The molecule has 6 nitrogen and oxygen atoms in total. The lowest BCUT2D eigenvalue weighted by molar-refractivity contribution is 0.669. The maximum atomic E-state index is 6.60. The molecular weight excluding hydrogens is 883 g/mol. The van der Waals surface area contributed by atoms with Crippen molar-refractivity contribution < 1.29 is 13.3 Å². The number of rotatable bonds is 6. The molecule has 5 aromatic heterocycles. The molecule has 0 amide bonds. The maximum absolute atomic E-state index is 6.60. The van der Waals surface area contributed by atoms with E-state index in [0.717, 1.165) is 144 Å². The van der Waals surface area contributed by atoms with Crippen LogP contribution in [0.5, 0.6) is 0 Å². The number of benzene rings is 10. The van der Waals surface area contributed by atoms with Gasteiger partial charge in [-0.25, -0.2) is 9.97 Å². The number of hydrogen-bond acceptors (Lipinski definition) is 5. The Morgan fingerprint density at radius 3 is 1.50 bits per heavy atom. The molecule has 15 aromatic rings. The Morgan fingerprint density at radius 1 is 0.319 bits per heavy atom. The third-order valence-corrected chi connectivity index (χ3v) is 14.0. The Hall–Kier alpha value is -9.52. The summed E-state index contributed by atoms with van der Waals surface area (Å²) in [5.41, 5.74) is 16.2. The van der Waals surface area contributed by atoms with Crippen molar-refractivity contribution in [1.82, 2.24) is 14.5 Å². The first-order valence-electron chi connectivity index (χ1n) is 24.5. The summed E-state index contributed by atoms with van der Waals surface area (Å²) in [6.07, 6.45) is 0. The molecular formula is C66H43N3O3. The molecule has 0 aliphatic carbocycles. The van der Waals surface area contributed by atoms with Crippen LogP contribution in [0.3, 0.4) is 0 Å². The van der Waals surface area contributed by atoms with E-state index in [1.54, 1.807) is 0 Å². The lowest BCUT2D eigenvalue weighted by atomic mass is 9.96. The lowest BCUT2D eigenvalue weighted by Crippen LogP contribution is -2.03. The third-order valence-electron chi connectivity index (χ3n) is 14.0. The van der Waals surface area contributed by atoms with E-state index in [9.17, 15) is 0 Å². The third kappa shape index (κ3) is 6.50. The fourth-order valence-corrected chi connectivity index (χ4v) is 10.8. The highest BCUT2D eigenvalue weighted by Crippen LogP contribution is 2.44. The van der Waals surface area contributed by atoms with E-state index in [1.165, 1.54) is 0 Å². The van der Waals surface area contributed by atoms with Gasteiger partial charge in [-0.3, -0.25) is 4.57 Å². The van der Waals surface area contributed by atoms with Crippen molar-refractivity contribution in [3.63, 3.8) is 0 Å². The summed E-state index contributed by atoms with van der Waals surface area (Å²) in [7, 11) is 0.